The van der Waals surface area contributed by atoms with Crippen molar-refractivity contribution in [1.82, 2.24) is 15.5 Å². The van der Waals surface area contributed by atoms with Gasteiger partial charge in [0, 0.05) is 24.1 Å². The van der Waals surface area contributed by atoms with Crippen LogP contribution in [0.5, 0.6) is 0 Å². The number of hydrogen-bond donors (Lipinski definition) is 1. The van der Waals surface area contributed by atoms with E-state index in [1.807, 2.05) is 24.1 Å². The molecule has 108 valence electrons. The SMILES string of the molecule is CC(C)NCc1nnc(N(C)Cc2ccc(Br)cc2)o1. The molecule has 0 spiro atoms. The van der Waals surface area contributed by atoms with Crippen molar-refractivity contribution < 1.29 is 4.42 Å². The fourth-order valence-electron chi connectivity index (χ4n) is 1.69. The number of halogens is 1. The molecule has 20 heavy (non-hydrogen) atoms. The molecule has 0 aliphatic rings. The van der Waals surface area contributed by atoms with Crippen molar-refractivity contribution in [2.45, 2.75) is 33.0 Å². The molecule has 6 heteroatoms. The van der Waals surface area contributed by atoms with Gasteiger partial charge in [-0.1, -0.05) is 47.0 Å². The average Bonchev–Trinajstić information content (AvgIpc) is 2.88. The van der Waals surface area contributed by atoms with E-state index in [0.717, 1.165) is 11.0 Å². The first-order chi connectivity index (χ1) is 9.54. The van der Waals surface area contributed by atoms with E-state index < -0.39 is 0 Å². The molecule has 0 saturated heterocycles. The van der Waals surface area contributed by atoms with Crippen molar-refractivity contribution in [2.75, 3.05) is 11.9 Å². The second-order valence-electron chi connectivity index (χ2n) is 5.00. The van der Waals surface area contributed by atoms with Crippen molar-refractivity contribution >= 4 is 21.9 Å². The van der Waals surface area contributed by atoms with Crippen LogP contribution in [0.4, 0.5) is 6.01 Å². The fourth-order valence-corrected chi connectivity index (χ4v) is 1.96. The Morgan fingerprint density at radius 3 is 2.60 bits per heavy atom. The molecular formula is C14H19BrN4O. The zero-order valence-electron chi connectivity index (χ0n) is 11.9. The maximum absolute atomic E-state index is 5.62. The van der Waals surface area contributed by atoms with Crippen LogP contribution in [0, 0.1) is 0 Å². The normalized spacial score (nSPS) is 11.1. The summed E-state index contributed by atoms with van der Waals surface area (Å²) in [5, 5.41) is 11.4. The minimum atomic E-state index is 0.394. The van der Waals surface area contributed by atoms with E-state index in [0.29, 0.717) is 24.5 Å². The molecule has 0 bridgehead atoms. The molecule has 0 aliphatic heterocycles. The monoisotopic (exact) mass is 338 g/mol. The summed E-state index contributed by atoms with van der Waals surface area (Å²) in [7, 11) is 1.94. The molecule has 1 aromatic carbocycles. The van der Waals surface area contributed by atoms with Gasteiger partial charge in [-0.3, -0.25) is 0 Å². The van der Waals surface area contributed by atoms with Gasteiger partial charge in [-0.15, -0.1) is 5.10 Å². The highest BCUT2D eigenvalue weighted by Crippen LogP contribution is 2.16. The number of nitrogens with zero attached hydrogens (tertiary/aromatic N) is 3. The molecule has 0 atom stereocenters. The van der Waals surface area contributed by atoms with Gasteiger partial charge in [0.15, 0.2) is 0 Å². The Bertz CT molecular complexity index is 538. The molecule has 0 saturated carbocycles. The third-order valence-electron chi connectivity index (χ3n) is 2.78. The molecule has 0 unspecified atom stereocenters. The van der Waals surface area contributed by atoms with Crippen molar-refractivity contribution in [3.05, 3.63) is 40.2 Å². The van der Waals surface area contributed by atoms with Gasteiger partial charge in [0.2, 0.25) is 5.89 Å². The van der Waals surface area contributed by atoms with E-state index in [-0.39, 0.29) is 0 Å². The Morgan fingerprint density at radius 2 is 1.95 bits per heavy atom. The second-order valence-corrected chi connectivity index (χ2v) is 5.91. The summed E-state index contributed by atoms with van der Waals surface area (Å²) in [4.78, 5) is 1.94. The van der Waals surface area contributed by atoms with Gasteiger partial charge in [-0.2, -0.15) is 0 Å². The van der Waals surface area contributed by atoms with Crippen LogP contribution in [0.3, 0.4) is 0 Å². The zero-order valence-corrected chi connectivity index (χ0v) is 13.5. The molecule has 1 heterocycles. The predicted molar refractivity (Wildman–Crippen MR) is 82.5 cm³/mol. The Hall–Kier alpha value is -1.40. The first kappa shape index (κ1) is 15.0. The summed E-state index contributed by atoms with van der Waals surface area (Å²) in [6.45, 7) is 5.48. The highest BCUT2D eigenvalue weighted by atomic mass is 79.9. The van der Waals surface area contributed by atoms with E-state index in [1.54, 1.807) is 0 Å². The molecule has 0 aliphatic carbocycles. The number of anilines is 1. The molecule has 0 amide bonds. The van der Waals surface area contributed by atoms with Crippen LogP contribution < -0.4 is 10.2 Å². The molecule has 2 aromatic rings. The largest absolute Gasteiger partial charge is 0.407 e. The molecule has 0 radical (unpaired) electrons. The van der Waals surface area contributed by atoms with Crippen LogP contribution in [0.25, 0.3) is 0 Å². The molecular weight excluding hydrogens is 320 g/mol. The number of aromatic nitrogens is 2. The van der Waals surface area contributed by atoms with Crippen LogP contribution in [0.2, 0.25) is 0 Å². The minimum absolute atomic E-state index is 0.394. The number of hydrogen-bond acceptors (Lipinski definition) is 5. The van der Waals surface area contributed by atoms with Crippen LogP contribution in [-0.2, 0) is 13.1 Å². The summed E-state index contributed by atoms with van der Waals surface area (Å²) in [5.41, 5.74) is 1.19. The van der Waals surface area contributed by atoms with Crippen LogP contribution in [0.15, 0.2) is 33.2 Å². The summed E-state index contributed by atoms with van der Waals surface area (Å²) in [6, 6.07) is 9.11. The lowest BCUT2D eigenvalue weighted by Gasteiger charge is -2.13. The average molecular weight is 339 g/mol. The van der Waals surface area contributed by atoms with E-state index >= 15 is 0 Å². The van der Waals surface area contributed by atoms with E-state index in [4.69, 9.17) is 4.42 Å². The Kier molecular flexibility index (Phi) is 5.14. The number of nitrogens with one attached hydrogen (secondary N) is 1. The first-order valence-electron chi connectivity index (χ1n) is 6.56. The van der Waals surface area contributed by atoms with Crippen molar-refractivity contribution in [3.8, 4) is 0 Å². The highest BCUT2D eigenvalue weighted by Gasteiger charge is 2.11. The van der Waals surface area contributed by atoms with Gasteiger partial charge < -0.3 is 14.6 Å². The first-order valence-corrected chi connectivity index (χ1v) is 7.35. The molecule has 1 aromatic heterocycles. The summed E-state index contributed by atoms with van der Waals surface area (Å²) < 4.78 is 6.70. The molecule has 5 nitrogen and oxygen atoms in total. The lowest BCUT2D eigenvalue weighted by Crippen LogP contribution is -2.22. The lowest BCUT2D eigenvalue weighted by molar-refractivity contribution is 0.449. The Balaban J connectivity index is 1.95. The second kappa shape index (κ2) is 6.85. The maximum atomic E-state index is 5.62. The van der Waals surface area contributed by atoms with Gasteiger partial charge >= 0.3 is 6.01 Å². The number of benzene rings is 1. The van der Waals surface area contributed by atoms with Crippen LogP contribution in [0.1, 0.15) is 25.3 Å². The standard InChI is InChI=1S/C14H19BrN4O/c1-10(2)16-8-13-17-18-14(20-13)19(3)9-11-4-6-12(15)7-5-11/h4-7,10,16H,8-9H2,1-3H3. The van der Waals surface area contributed by atoms with Gasteiger partial charge in [0.1, 0.15) is 0 Å². The molecule has 0 fully saturated rings. The Labute approximate surface area is 127 Å². The minimum Gasteiger partial charge on any atom is -0.407 e. The fraction of sp³-hybridized carbons (Fsp3) is 0.429. The van der Waals surface area contributed by atoms with Crippen molar-refractivity contribution in [1.29, 1.82) is 0 Å². The summed E-state index contributed by atoms with van der Waals surface area (Å²) in [5.74, 6) is 0.608. The zero-order chi connectivity index (χ0) is 14.5. The van der Waals surface area contributed by atoms with Gasteiger partial charge in [0.25, 0.3) is 0 Å². The summed E-state index contributed by atoms with van der Waals surface area (Å²) in [6.07, 6.45) is 0. The maximum Gasteiger partial charge on any atom is 0.318 e. The quantitative estimate of drug-likeness (QED) is 0.877. The smallest absolute Gasteiger partial charge is 0.318 e. The molecule has 2 rings (SSSR count). The van der Waals surface area contributed by atoms with Crippen molar-refractivity contribution in [2.24, 2.45) is 0 Å². The lowest BCUT2D eigenvalue weighted by atomic mass is 10.2. The van der Waals surface area contributed by atoms with Gasteiger partial charge in [-0.05, 0) is 17.7 Å². The Morgan fingerprint density at radius 1 is 1.25 bits per heavy atom. The summed E-state index contributed by atoms with van der Waals surface area (Å²) >= 11 is 3.43. The topological polar surface area (TPSA) is 54.2 Å². The van der Waals surface area contributed by atoms with E-state index in [9.17, 15) is 0 Å². The number of rotatable bonds is 6. The highest BCUT2D eigenvalue weighted by molar-refractivity contribution is 9.10. The van der Waals surface area contributed by atoms with Crippen LogP contribution >= 0.6 is 15.9 Å². The van der Waals surface area contributed by atoms with E-state index in [1.165, 1.54) is 5.56 Å². The van der Waals surface area contributed by atoms with E-state index in [2.05, 4.69) is 57.4 Å². The van der Waals surface area contributed by atoms with Crippen molar-refractivity contribution in [3.63, 3.8) is 0 Å². The third kappa shape index (κ3) is 4.31. The third-order valence-corrected chi connectivity index (χ3v) is 3.31. The molecule has 1 N–H and O–H groups in total. The van der Waals surface area contributed by atoms with Gasteiger partial charge in [0.05, 0.1) is 6.54 Å². The van der Waals surface area contributed by atoms with Gasteiger partial charge in [-0.25, -0.2) is 0 Å². The van der Waals surface area contributed by atoms with Crippen LogP contribution in [-0.4, -0.2) is 23.3 Å². The predicted octanol–water partition coefficient (Wildman–Crippen LogP) is 2.97.